The molecule has 2 amide bonds. The zero-order chi connectivity index (χ0) is 27.0. The van der Waals surface area contributed by atoms with Gasteiger partial charge in [0, 0.05) is 12.5 Å². The molecular weight excluding hydrogens is 552 g/mol. The predicted molar refractivity (Wildman–Crippen MR) is 143 cm³/mol. The number of fused-ring (bicyclic) bond motifs is 1. The molecule has 0 aromatic heterocycles. The molecule has 2 fully saturated rings. The number of methoxy groups -OCH3 is 2. The number of likely N-dealkylation sites (tertiary alicyclic amines) is 1. The third-order valence-corrected chi connectivity index (χ3v) is 8.04. The van der Waals surface area contributed by atoms with Gasteiger partial charge in [0.15, 0.2) is 11.5 Å². The molecule has 3 aromatic rings. The number of carboxylic acid groups (broad SMARTS) is 1. The Hall–Kier alpha value is -3.69. The first-order chi connectivity index (χ1) is 18.3. The number of amides is 2. The van der Waals surface area contributed by atoms with Gasteiger partial charge in [0.05, 0.1) is 37.1 Å². The van der Waals surface area contributed by atoms with E-state index in [0.717, 1.165) is 11.1 Å². The van der Waals surface area contributed by atoms with Crippen molar-refractivity contribution in [3.8, 4) is 11.5 Å². The van der Waals surface area contributed by atoms with E-state index in [2.05, 4.69) is 21.2 Å². The van der Waals surface area contributed by atoms with E-state index in [1.54, 1.807) is 12.1 Å². The second kappa shape index (κ2) is 10.2. The van der Waals surface area contributed by atoms with Gasteiger partial charge in [-0.1, -0.05) is 60.7 Å². The summed E-state index contributed by atoms with van der Waals surface area (Å²) in [6, 6.07) is 21.1. The molecule has 0 bridgehead atoms. The number of hydrogen-bond donors (Lipinski definition) is 2. The molecule has 8 nitrogen and oxygen atoms in total. The number of nitrogens with zero attached hydrogens (tertiary/aromatic N) is 1. The van der Waals surface area contributed by atoms with E-state index < -0.39 is 41.2 Å². The van der Waals surface area contributed by atoms with E-state index in [0.29, 0.717) is 21.5 Å². The highest BCUT2D eigenvalue weighted by atomic mass is 79.9. The maximum Gasteiger partial charge on any atom is 0.325 e. The summed E-state index contributed by atoms with van der Waals surface area (Å²) in [5.74, 6) is -3.20. The SMILES string of the molecule is COc1cc(C2NC(Cc3ccccc3)(C(=O)O)C3C(=O)N(Cc4ccccc4)C(=O)C23)cc(Br)c1OC. The fourth-order valence-corrected chi connectivity index (χ4v) is 6.36. The molecule has 2 N–H and O–H groups in total. The van der Waals surface area contributed by atoms with Crippen LogP contribution < -0.4 is 14.8 Å². The molecule has 0 spiro atoms. The quantitative estimate of drug-likeness (QED) is 0.389. The van der Waals surface area contributed by atoms with Gasteiger partial charge < -0.3 is 14.6 Å². The van der Waals surface area contributed by atoms with E-state index in [-0.39, 0.29) is 13.0 Å². The number of carbonyl (C=O) groups is 3. The van der Waals surface area contributed by atoms with Gasteiger partial charge in [-0.25, -0.2) is 0 Å². The van der Waals surface area contributed by atoms with Crippen molar-refractivity contribution in [1.29, 1.82) is 0 Å². The maximum absolute atomic E-state index is 13.9. The Morgan fingerprint density at radius 2 is 1.61 bits per heavy atom. The van der Waals surface area contributed by atoms with E-state index >= 15 is 0 Å². The van der Waals surface area contributed by atoms with Crippen LogP contribution in [0.2, 0.25) is 0 Å². The first kappa shape index (κ1) is 25.9. The lowest BCUT2D eigenvalue weighted by molar-refractivity contribution is -0.151. The molecule has 196 valence electrons. The summed E-state index contributed by atoms with van der Waals surface area (Å²) in [5, 5.41) is 13.9. The molecule has 9 heteroatoms. The molecule has 38 heavy (non-hydrogen) atoms. The fourth-order valence-electron chi connectivity index (χ4n) is 5.74. The van der Waals surface area contributed by atoms with E-state index in [1.807, 2.05) is 60.7 Å². The van der Waals surface area contributed by atoms with Crippen LogP contribution in [0.1, 0.15) is 22.7 Å². The van der Waals surface area contributed by atoms with Gasteiger partial charge in [-0.05, 0) is 44.8 Å². The number of benzene rings is 3. The van der Waals surface area contributed by atoms with Crippen LogP contribution in [0, 0.1) is 11.8 Å². The summed E-state index contributed by atoms with van der Waals surface area (Å²) < 4.78 is 11.5. The van der Waals surface area contributed by atoms with Crippen molar-refractivity contribution in [2.75, 3.05) is 14.2 Å². The van der Waals surface area contributed by atoms with Gasteiger partial charge in [-0.2, -0.15) is 0 Å². The van der Waals surface area contributed by atoms with E-state index in [9.17, 15) is 19.5 Å². The number of hydrogen-bond acceptors (Lipinski definition) is 6. The summed E-state index contributed by atoms with van der Waals surface area (Å²) >= 11 is 3.50. The second-order valence-electron chi connectivity index (χ2n) is 9.55. The van der Waals surface area contributed by atoms with E-state index in [4.69, 9.17) is 9.47 Å². The van der Waals surface area contributed by atoms with Crippen LogP contribution in [0.25, 0.3) is 0 Å². The zero-order valence-electron chi connectivity index (χ0n) is 20.9. The highest BCUT2D eigenvalue weighted by molar-refractivity contribution is 9.10. The Morgan fingerprint density at radius 1 is 0.974 bits per heavy atom. The average Bonchev–Trinajstić information content (AvgIpc) is 3.39. The first-order valence-electron chi connectivity index (χ1n) is 12.2. The zero-order valence-corrected chi connectivity index (χ0v) is 22.5. The molecule has 0 aliphatic carbocycles. The monoisotopic (exact) mass is 578 g/mol. The topological polar surface area (TPSA) is 105 Å². The third kappa shape index (κ3) is 4.25. The lowest BCUT2D eigenvalue weighted by Gasteiger charge is -2.31. The Kier molecular flexibility index (Phi) is 6.98. The third-order valence-electron chi connectivity index (χ3n) is 7.45. The minimum absolute atomic E-state index is 0.0352. The standard InChI is InChI=1S/C29H27BrN2O6/c1-37-21-14-19(13-20(30)25(21)38-2)24-22-23(27(34)32(26(22)33)16-18-11-7-4-8-12-18)29(31-24,28(35)36)15-17-9-5-3-6-10-17/h3-14,22-24,31H,15-16H2,1-2H3,(H,35,36). The molecule has 5 rings (SSSR count). The smallest absolute Gasteiger partial charge is 0.325 e. The van der Waals surface area contributed by atoms with Gasteiger partial charge in [-0.3, -0.25) is 24.6 Å². The van der Waals surface area contributed by atoms with Crippen molar-refractivity contribution in [2.24, 2.45) is 11.8 Å². The van der Waals surface area contributed by atoms with Crippen molar-refractivity contribution in [3.05, 3.63) is 94.0 Å². The Morgan fingerprint density at radius 3 is 2.18 bits per heavy atom. The van der Waals surface area contributed by atoms with Gasteiger partial charge in [0.25, 0.3) is 0 Å². The Bertz CT molecular complexity index is 1380. The highest BCUT2D eigenvalue weighted by Crippen LogP contribution is 2.51. The minimum atomic E-state index is -1.70. The predicted octanol–water partition coefficient (Wildman–Crippen LogP) is 3.98. The van der Waals surface area contributed by atoms with Crippen molar-refractivity contribution in [2.45, 2.75) is 24.5 Å². The number of ether oxygens (including phenoxy) is 2. The number of imide groups is 1. The van der Waals surface area contributed by atoms with Crippen LogP contribution in [0.3, 0.4) is 0 Å². The van der Waals surface area contributed by atoms with Gasteiger partial charge in [0.1, 0.15) is 5.54 Å². The minimum Gasteiger partial charge on any atom is -0.493 e. The van der Waals surface area contributed by atoms with Gasteiger partial charge >= 0.3 is 5.97 Å². The largest absolute Gasteiger partial charge is 0.493 e. The molecule has 4 atom stereocenters. The van der Waals surface area contributed by atoms with Gasteiger partial charge in [0.2, 0.25) is 11.8 Å². The number of aliphatic carboxylic acids is 1. The van der Waals surface area contributed by atoms with Crippen LogP contribution in [0.5, 0.6) is 11.5 Å². The fraction of sp³-hybridized carbons (Fsp3) is 0.276. The van der Waals surface area contributed by atoms with Crippen molar-refractivity contribution in [1.82, 2.24) is 10.2 Å². The summed E-state index contributed by atoms with van der Waals surface area (Å²) in [7, 11) is 3.02. The first-order valence-corrected chi connectivity index (χ1v) is 13.0. The van der Waals surface area contributed by atoms with Crippen molar-refractivity contribution in [3.63, 3.8) is 0 Å². The van der Waals surface area contributed by atoms with Gasteiger partial charge in [-0.15, -0.1) is 0 Å². The summed E-state index contributed by atoms with van der Waals surface area (Å²) in [5.41, 5.74) is 0.450. The van der Waals surface area contributed by atoms with Crippen LogP contribution in [-0.4, -0.2) is 47.5 Å². The van der Waals surface area contributed by atoms with E-state index in [1.165, 1.54) is 19.1 Å². The Balaban J connectivity index is 1.64. The molecule has 0 saturated carbocycles. The number of carboxylic acids is 1. The molecule has 4 unspecified atom stereocenters. The molecule has 2 aliphatic heterocycles. The number of nitrogens with one attached hydrogen (secondary N) is 1. The lowest BCUT2D eigenvalue weighted by atomic mass is 9.76. The number of rotatable bonds is 8. The second-order valence-corrected chi connectivity index (χ2v) is 10.4. The van der Waals surface area contributed by atoms with Crippen LogP contribution in [0.15, 0.2) is 77.3 Å². The summed E-state index contributed by atoms with van der Waals surface area (Å²) in [6.07, 6.45) is 0.0352. The molecule has 2 heterocycles. The summed E-state index contributed by atoms with van der Waals surface area (Å²) in [4.78, 5) is 42.1. The molecule has 0 radical (unpaired) electrons. The van der Waals surface area contributed by atoms with Crippen molar-refractivity contribution < 1.29 is 29.0 Å². The normalized spacial score (nSPS) is 24.4. The molecular formula is C29H27BrN2O6. The van der Waals surface area contributed by atoms with Crippen molar-refractivity contribution >= 4 is 33.7 Å². The molecule has 2 aliphatic rings. The Labute approximate surface area is 228 Å². The number of carbonyl (C=O) groups excluding carboxylic acids is 2. The average molecular weight is 579 g/mol. The van der Waals surface area contributed by atoms with Crippen LogP contribution >= 0.6 is 15.9 Å². The maximum atomic E-state index is 13.9. The van der Waals surface area contributed by atoms with Crippen LogP contribution in [0.4, 0.5) is 0 Å². The molecule has 2 saturated heterocycles. The molecule has 3 aromatic carbocycles. The number of halogens is 1. The summed E-state index contributed by atoms with van der Waals surface area (Å²) in [6.45, 7) is 0.0783. The highest BCUT2D eigenvalue weighted by Gasteiger charge is 2.68. The van der Waals surface area contributed by atoms with Crippen LogP contribution in [-0.2, 0) is 27.3 Å². The lowest BCUT2D eigenvalue weighted by Crippen LogP contribution is -2.57.